The highest BCUT2D eigenvalue weighted by atomic mass is 19.4. The molecule has 0 aliphatic carbocycles. The molecule has 0 atom stereocenters. The topological polar surface area (TPSA) is 102 Å². The van der Waals surface area contributed by atoms with Crippen LogP contribution in [0.3, 0.4) is 0 Å². The number of nitriles is 2. The molecular formula is C17H12F3N7. The molecule has 10 heteroatoms. The fourth-order valence-electron chi connectivity index (χ4n) is 2.63. The van der Waals surface area contributed by atoms with E-state index in [1.54, 1.807) is 19.2 Å². The standard InChI is InChI=1S/C17H12F3N7/c1-9-10(6-21)3-11(4-13(9)17(18,19)20)25-15-5-14(23-2)16-24-8-12(7-22)27(16)26-15/h3-5,8,23H,1-2H3,(H,25,26). The van der Waals surface area contributed by atoms with E-state index in [-0.39, 0.29) is 28.3 Å². The quantitative estimate of drug-likeness (QED) is 0.730. The molecule has 0 saturated heterocycles. The van der Waals surface area contributed by atoms with Crippen LogP contribution in [0.5, 0.6) is 0 Å². The SMILES string of the molecule is CNc1cc(Nc2cc(C#N)c(C)c(C(F)(F)F)c2)nn2c(C#N)cnc12. The van der Waals surface area contributed by atoms with Crippen molar-refractivity contribution in [2.75, 3.05) is 17.7 Å². The molecule has 0 fully saturated rings. The summed E-state index contributed by atoms with van der Waals surface area (Å²) < 4.78 is 41.0. The lowest BCUT2D eigenvalue weighted by molar-refractivity contribution is -0.138. The number of anilines is 3. The van der Waals surface area contributed by atoms with Crippen LogP contribution >= 0.6 is 0 Å². The average Bonchev–Trinajstić information content (AvgIpc) is 3.04. The molecule has 136 valence electrons. The minimum atomic E-state index is -4.60. The first-order chi connectivity index (χ1) is 12.8. The lowest BCUT2D eigenvalue weighted by atomic mass is 10.0. The number of hydrogen-bond acceptors (Lipinski definition) is 6. The Hall–Kier alpha value is -3.79. The Bertz CT molecular complexity index is 1120. The van der Waals surface area contributed by atoms with Gasteiger partial charge in [-0.05, 0) is 24.6 Å². The van der Waals surface area contributed by atoms with Crippen molar-refractivity contribution in [3.63, 3.8) is 0 Å². The highest BCUT2D eigenvalue weighted by molar-refractivity contribution is 5.73. The normalized spacial score (nSPS) is 11.1. The van der Waals surface area contributed by atoms with Gasteiger partial charge in [-0.1, -0.05) is 0 Å². The third kappa shape index (κ3) is 3.20. The first-order valence-corrected chi connectivity index (χ1v) is 7.64. The van der Waals surface area contributed by atoms with Gasteiger partial charge in [0.1, 0.15) is 6.07 Å². The molecule has 0 aliphatic heterocycles. The van der Waals surface area contributed by atoms with Crippen LogP contribution in [0.25, 0.3) is 5.65 Å². The highest BCUT2D eigenvalue weighted by Crippen LogP contribution is 2.36. The van der Waals surface area contributed by atoms with Crippen molar-refractivity contribution in [3.8, 4) is 12.1 Å². The molecule has 7 nitrogen and oxygen atoms in total. The molecule has 3 rings (SSSR count). The van der Waals surface area contributed by atoms with Crippen molar-refractivity contribution in [2.45, 2.75) is 13.1 Å². The fourth-order valence-corrected chi connectivity index (χ4v) is 2.63. The number of nitrogens with zero attached hydrogens (tertiary/aromatic N) is 5. The second kappa shape index (κ2) is 6.50. The average molecular weight is 371 g/mol. The lowest BCUT2D eigenvalue weighted by Gasteiger charge is -2.15. The predicted octanol–water partition coefficient (Wildman–Crippen LogP) is 3.59. The Morgan fingerprint density at radius 1 is 1.15 bits per heavy atom. The minimum Gasteiger partial charge on any atom is -0.385 e. The third-order valence-electron chi connectivity index (χ3n) is 3.96. The van der Waals surface area contributed by atoms with Crippen molar-refractivity contribution in [3.05, 3.63) is 46.8 Å². The number of rotatable bonds is 3. The molecule has 1 aromatic carbocycles. The van der Waals surface area contributed by atoms with Crippen LogP contribution in [0.15, 0.2) is 24.4 Å². The summed E-state index contributed by atoms with van der Waals surface area (Å²) in [6.07, 6.45) is -3.26. The molecule has 0 saturated carbocycles. The Labute approximate surface area is 151 Å². The van der Waals surface area contributed by atoms with Crippen LogP contribution in [-0.4, -0.2) is 21.6 Å². The first kappa shape index (κ1) is 18.0. The van der Waals surface area contributed by atoms with E-state index in [0.29, 0.717) is 11.3 Å². The van der Waals surface area contributed by atoms with Gasteiger partial charge < -0.3 is 10.6 Å². The van der Waals surface area contributed by atoms with Gasteiger partial charge in [0, 0.05) is 18.8 Å². The largest absolute Gasteiger partial charge is 0.416 e. The van der Waals surface area contributed by atoms with Gasteiger partial charge >= 0.3 is 6.18 Å². The highest BCUT2D eigenvalue weighted by Gasteiger charge is 2.33. The number of fused-ring (bicyclic) bond motifs is 1. The van der Waals surface area contributed by atoms with Crippen molar-refractivity contribution in [2.24, 2.45) is 0 Å². The summed E-state index contributed by atoms with van der Waals surface area (Å²) >= 11 is 0. The summed E-state index contributed by atoms with van der Waals surface area (Å²) in [6, 6.07) is 7.48. The maximum Gasteiger partial charge on any atom is 0.416 e. The fraction of sp³-hybridized carbons (Fsp3) is 0.176. The second-order valence-corrected chi connectivity index (χ2v) is 5.61. The van der Waals surface area contributed by atoms with Gasteiger partial charge in [0.05, 0.1) is 29.1 Å². The van der Waals surface area contributed by atoms with E-state index in [0.717, 1.165) is 6.07 Å². The summed E-state index contributed by atoms with van der Waals surface area (Å²) in [5.41, 5.74) is 0.00719. The maximum atomic E-state index is 13.3. The molecular weight excluding hydrogens is 359 g/mol. The van der Waals surface area contributed by atoms with Gasteiger partial charge in [0.25, 0.3) is 0 Å². The summed E-state index contributed by atoms with van der Waals surface area (Å²) in [5, 5.41) is 28.1. The van der Waals surface area contributed by atoms with Crippen LogP contribution in [0.1, 0.15) is 22.4 Å². The summed E-state index contributed by atoms with van der Waals surface area (Å²) in [4.78, 5) is 4.09. The third-order valence-corrected chi connectivity index (χ3v) is 3.96. The number of benzene rings is 1. The summed E-state index contributed by atoms with van der Waals surface area (Å²) in [5.74, 6) is 0.183. The van der Waals surface area contributed by atoms with Gasteiger partial charge in [-0.25, -0.2) is 4.98 Å². The number of alkyl halides is 3. The van der Waals surface area contributed by atoms with Gasteiger partial charge in [0.15, 0.2) is 17.2 Å². The van der Waals surface area contributed by atoms with E-state index >= 15 is 0 Å². The number of nitrogens with one attached hydrogen (secondary N) is 2. The number of hydrogen-bond donors (Lipinski definition) is 2. The molecule has 27 heavy (non-hydrogen) atoms. The molecule has 3 aromatic rings. The van der Waals surface area contributed by atoms with Crippen LogP contribution in [0.4, 0.5) is 30.4 Å². The molecule has 0 radical (unpaired) electrons. The van der Waals surface area contributed by atoms with Crippen LogP contribution < -0.4 is 10.6 Å². The molecule has 2 aromatic heterocycles. The Morgan fingerprint density at radius 3 is 2.48 bits per heavy atom. The monoisotopic (exact) mass is 371 g/mol. The van der Waals surface area contributed by atoms with Crippen molar-refractivity contribution < 1.29 is 13.2 Å². The zero-order chi connectivity index (χ0) is 19.8. The van der Waals surface area contributed by atoms with Crippen LogP contribution in [-0.2, 0) is 6.18 Å². The molecule has 0 spiro atoms. The van der Waals surface area contributed by atoms with E-state index in [9.17, 15) is 13.2 Å². The molecule has 0 aliphatic rings. The molecule has 0 bridgehead atoms. The zero-order valence-corrected chi connectivity index (χ0v) is 14.2. The summed E-state index contributed by atoms with van der Waals surface area (Å²) in [7, 11) is 1.64. The van der Waals surface area contributed by atoms with Crippen molar-refractivity contribution in [1.82, 2.24) is 14.6 Å². The number of aromatic nitrogens is 3. The number of imidazole rings is 1. The van der Waals surface area contributed by atoms with E-state index in [4.69, 9.17) is 10.5 Å². The summed E-state index contributed by atoms with van der Waals surface area (Å²) in [6.45, 7) is 1.25. The lowest BCUT2D eigenvalue weighted by Crippen LogP contribution is -2.10. The minimum absolute atomic E-state index is 0.0528. The van der Waals surface area contributed by atoms with Crippen LogP contribution in [0, 0.1) is 29.6 Å². The Morgan fingerprint density at radius 2 is 1.89 bits per heavy atom. The maximum absolute atomic E-state index is 13.3. The first-order valence-electron chi connectivity index (χ1n) is 7.64. The predicted molar refractivity (Wildman–Crippen MR) is 91.4 cm³/mol. The van der Waals surface area contributed by atoms with Gasteiger partial charge in [-0.3, -0.25) is 0 Å². The van der Waals surface area contributed by atoms with E-state index in [2.05, 4.69) is 20.7 Å². The van der Waals surface area contributed by atoms with Gasteiger partial charge in [-0.2, -0.15) is 28.2 Å². The van der Waals surface area contributed by atoms with Crippen LogP contribution in [0.2, 0.25) is 0 Å². The van der Waals surface area contributed by atoms with E-state index in [1.807, 2.05) is 6.07 Å². The van der Waals surface area contributed by atoms with Crippen molar-refractivity contribution in [1.29, 1.82) is 10.5 Å². The molecule has 2 heterocycles. The molecule has 2 N–H and O–H groups in total. The van der Waals surface area contributed by atoms with Gasteiger partial charge in [-0.15, -0.1) is 5.10 Å². The zero-order valence-electron chi connectivity index (χ0n) is 14.2. The smallest absolute Gasteiger partial charge is 0.385 e. The molecule has 0 unspecified atom stereocenters. The molecule has 0 amide bonds. The number of halogens is 3. The van der Waals surface area contributed by atoms with Gasteiger partial charge in [0.2, 0.25) is 0 Å². The van der Waals surface area contributed by atoms with E-state index in [1.165, 1.54) is 23.7 Å². The Kier molecular flexibility index (Phi) is 4.34. The van der Waals surface area contributed by atoms with Crippen molar-refractivity contribution >= 4 is 22.8 Å². The van der Waals surface area contributed by atoms with E-state index < -0.39 is 11.7 Å². The Balaban J connectivity index is 2.13. The second-order valence-electron chi connectivity index (χ2n) is 5.61.